The van der Waals surface area contributed by atoms with Crippen LogP contribution < -0.4 is 5.32 Å². The van der Waals surface area contributed by atoms with Crippen LogP contribution in [0.5, 0.6) is 0 Å². The molecule has 2 saturated heterocycles. The first-order valence-corrected chi connectivity index (χ1v) is 9.68. The summed E-state index contributed by atoms with van der Waals surface area (Å²) in [5.41, 5.74) is 0. The molecule has 6 heteroatoms. The van der Waals surface area contributed by atoms with Gasteiger partial charge in [-0.3, -0.25) is 9.89 Å². The van der Waals surface area contributed by atoms with Gasteiger partial charge in [-0.2, -0.15) is 0 Å². The van der Waals surface area contributed by atoms with E-state index >= 15 is 0 Å². The van der Waals surface area contributed by atoms with Crippen LogP contribution in [-0.4, -0.2) is 74.8 Å². The number of likely N-dealkylation sites (tertiary alicyclic amines) is 1. The zero-order valence-corrected chi connectivity index (χ0v) is 17.5. The molecule has 0 bridgehead atoms. The minimum absolute atomic E-state index is 0. The molecule has 1 aliphatic carbocycles. The number of nitrogens with one attached hydrogen (secondary N) is 1. The zero-order chi connectivity index (χ0) is 15.9. The van der Waals surface area contributed by atoms with Crippen LogP contribution in [0, 0.1) is 11.8 Å². The molecule has 1 atom stereocenters. The van der Waals surface area contributed by atoms with Gasteiger partial charge in [0.1, 0.15) is 0 Å². The third-order valence-corrected chi connectivity index (χ3v) is 5.27. The second-order valence-electron chi connectivity index (χ2n) is 7.33. The maximum absolute atomic E-state index is 5.45. The molecule has 3 rings (SSSR count). The third kappa shape index (κ3) is 6.67. The van der Waals surface area contributed by atoms with Gasteiger partial charge >= 0.3 is 0 Å². The van der Waals surface area contributed by atoms with Gasteiger partial charge in [0, 0.05) is 45.8 Å². The lowest BCUT2D eigenvalue weighted by Crippen LogP contribution is -2.42. The van der Waals surface area contributed by atoms with Crippen LogP contribution in [0.4, 0.5) is 0 Å². The Balaban J connectivity index is 0.00000208. The zero-order valence-electron chi connectivity index (χ0n) is 15.2. The Morgan fingerprint density at radius 3 is 2.62 bits per heavy atom. The predicted molar refractivity (Wildman–Crippen MR) is 110 cm³/mol. The Kier molecular flexibility index (Phi) is 9.11. The van der Waals surface area contributed by atoms with Gasteiger partial charge in [0.15, 0.2) is 5.96 Å². The lowest BCUT2D eigenvalue weighted by Gasteiger charge is -2.29. The van der Waals surface area contributed by atoms with Crippen molar-refractivity contribution in [1.29, 1.82) is 0 Å². The number of hydrogen-bond acceptors (Lipinski definition) is 3. The van der Waals surface area contributed by atoms with Crippen molar-refractivity contribution in [3.8, 4) is 0 Å². The molecule has 140 valence electrons. The largest absolute Gasteiger partial charge is 0.379 e. The van der Waals surface area contributed by atoms with E-state index < -0.39 is 0 Å². The molecule has 0 amide bonds. The van der Waals surface area contributed by atoms with Crippen molar-refractivity contribution in [3.05, 3.63) is 0 Å². The molecule has 0 aromatic heterocycles. The van der Waals surface area contributed by atoms with Crippen molar-refractivity contribution in [3.63, 3.8) is 0 Å². The average Bonchev–Trinajstić information content (AvgIpc) is 3.29. The Bertz CT molecular complexity index is 383. The second-order valence-corrected chi connectivity index (χ2v) is 7.33. The molecular weight excluding hydrogens is 415 g/mol. The van der Waals surface area contributed by atoms with Gasteiger partial charge in [0.25, 0.3) is 0 Å². The summed E-state index contributed by atoms with van der Waals surface area (Å²) in [7, 11) is 0. The van der Waals surface area contributed by atoms with E-state index in [-0.39, 0.29) is 24.0 Å². The summed E-state index contributed by atoms with van der Waals surface area (Å²) in [5, 5.41) is 3.49. The van der Waals surface area contributed by atoms with E-state index in [1.807, 2.05) is 0 Å². The monoisotopic (exact) mass is 450 g/mol. The number of rotatable bonds is 7. The molecule has 3 aliphatic rings. The molecule has 1 saturated carbocycles. The van der Waals surface area contributed by atoms with Crippen LogP contribution in [-0.2, 0) is 4.74 Å². The molecule has 0 radical (unpaired) electrons. The minimum atomic E-state index is 0. The lowest BCUT2D eigenvalue weighted by atomic mass is 10.1. The van der Waals surface area contributed by atoms with E-state index in [2.05, 4.69) is 22.0 Å². The fourth-order valence-corrected chi connectivity index (χ4v) is 3.72. The molecule has 5 nitrogen and oxygen atoms in total. The van der Waals surface area contributed by atoms with Gasteiger partial charge in [-0.1, -0.05) is 12.8 Å². The van der Waals surface area contributed by atoms with E-state index in [1.165, 1.54) is 38.6 Å². The number of morpholine rings is 1. The van der Waals surface area contributed by atoms with E-state index in [4.69, 9.17) is 9.73 Å². The topological polar surface area (TPSA) is 40.1 Å². The molecule has 0 spiro atoms. The summed E-state index contributed by atoms with van der Waals surface area (Å²) in [6, 6.07) is 0. The number of ether oxygens (including phenoxy) is 1. The van der Waals surface area contributed by atoms with E-state index in [9.17, 15) is 0 Å². The van der Waals surface area contributed by atoms with Gasteiger partial charge in [0.2, 0.25) is 0 Å². The van der Waals surface area contributed by atoms with Crippen molar-refractivity contribution in [2.24, 2.45) is 16.8 Å². The normalized spacial score (nSPS) is 25.6. The van der Waals surface area contributed by atoms with Gasteiger partial charge in [-0.05, 0) is 38.0 Å². The Labute approximate surface area is 164 Å². The molecule has 1 N–H and O–H groups in total. The average molecular weight is 450 g/mol. The summed E-state index contributed by atoms with van der Waals surface area (Å²) < 4.78 is 5.45. The number of nitrogens with zero attached hydrogens (tertiary/aromatic N) is 3. The fraction of sp³-hybridized carbons (Fsp3) is 0.944. The minimum Gasteiger partial charge on any atom is -0.379 e. The van der Waals surface area contributed by atoms with Crippen molar-refractivity contribution < 1.29 is 4.74 Å². The molecular formula is C18H35IN4O. The van der Waals surface area contributed by atoms with E-state index in [0.717, 1.165) is 70.3 Å². The summed E-state index contributed by atoms with van der Waals surface area (Å²) in [5.74, 6) is 2.95. The van der Waals surface area contributed by atoms with Crippen LogP contribution in [0.15, 0.2) is 4.99 Å². The Hall–Kier alpha value is -0.0800. The smallest absolute Gasteiger partial charge is 0.193 e. The van der Waals surface area contributed by atoms with Crippen molar-refractivity contribution >= 4 is 29.9 Å². The molecule has 0 aromatic rings. The van der Waals surface area contributed by atoms with Gasteiger partial charge in [-0.25, -0.2) is 0 Å². The number of halogens is 1. The molecule has 0 aromatic carbocycles. The van der Waals surface area contributed by atoms with Crippen molar-refractivity contribution in [1.82, 2.24) is 15.1 Å². The highest BCUT2D eigenvalue weighted by Crippen LogP contribution is 2.33. The first-order chi connectivity index (χ1) is 11.3. The van der Waals surface area contributed by atoms with Gasteiger partial charge < -0.3 is 15.0 Å². The lowest BCUT2D eigenvalue weighted by molar-refractivity contribution is 0.0315. The van der Waals surface area contributed by atoms with Crippen LogP contribution in [0.2, 0.25) is 0 Å². The summed E-state index contributed by atoms with van der Waals surface area (Å²) >= 11 is 0. The molecule has 3 fully saturated rings. The summed E-state index contributed by atoms with van der Waals surface area (Å²) in [6.07, 6.45) is 6.84. The molecule has 24 heavy (non-hydrogen) atoms. The molecule has 2 aliphatic heterocycles. The van der Waals surface area contributed by atoms with Crippen LogP contribution >= 0.6 is 24.0 Å². The van der Waals surface area contributed by atoms with Crippen LogP contribution in [0.1, 0.15) is 39.0 Å². The first-order valence-electron chi connectivity index (χ1n) is 9.68. The highest BCUT2D eigenvalue weighted by atomic mass is 127. The fourth-order valence-electron chi connectivity index (χ4n) is 3.72. The SMILES string of the molecule is CCNC(=NCCCC1CC1)N1CCC(CN2CCOCC2)C1.I. The number of hydrogen-bond donors (Lipinski definition) is 1. The van der Waals surface area contributed by atoms with Gasteiger partial charge in [-0.15, -0.1) is 24.0 Å². The molecule has 2 heterocycles. The standard InChI is InChI=1S/C18H34N4O.HI/c1-2-19-18(20-8-3-4-16-5-6-16)22-9-7-17(15-22)14-21-10-12-23-13-11-21;/h16-17H,2-15H2,1H3,(H,19,20);1H. The Morgan fingerprint density at radius 1 is 1.12 bits per heavy atom. The summed E-state index contributed by atoms with van der Waals surface area (Å²) in [4.78, 5) is 9.92. The van der Waals surface area contributed by atoms with Crippen LogP contribution in [0.25, 0.3) is 0 Å². The van der Waals surface area contributed by atoms with E-state index in [0.29, 0.717) is 0 Å². The quantitative estimate of drug-likeness (QED) is 0.280. The predicted octanol–water partition coefficient (Wildman–Crippen LogP) is 2.41. The summed E-state index contributed by atoms with van der Waals surface area (Å²) in [6.45, 7) is 11.7. The van der Waals surface area contributed by atoms with Crippen molar-refractivity contribution in [2.45, 2.75) is 39.0 Å². The first kappa shape index (κ1) is 20.2. The second kappa shape index (κ2) is 10.8. The van der Waals surface area contributed by atoms with E-state index in [1.54, 1.807) is 0 Å². The van der Waals surface area contributed by atoms with Crippen molar-refractivity contribution in [2.75, 3.05) is 59.0 Å². The third-order valence-electron chi connectivity index (χ3n) is 5.27. The highest BCUT2D eigenvalue weighted by Gasteiger charge is 2.27. The molecule has 1 unspecified atom stereocenters. The number of aliphatic imine (C=N–C) groups is 1. The maximum atomic E-state index is 5.45. The van der Waals surface area contributed by atoms with Gasteiger partial charge in [0.05, 0.1) is 13.2 Å². The highest BCUT2D eigenvalue weighted by molar-refractivity contribution is 14.0. The number of guanidine groups is 1. The Morgan fingerprint density at radius 2 is 1.92 bits per heavy atom. The van der Waals surface area contributed by atoms with Crippen LogP contribution in [0.3, 0.4) is 0 Å². The maximum Gasteiger partial charge on any atom is 0.193 e.